The largest absolute Gasteiger partial charge is 0.387 e. The van der Waals surface area contributed by atoms with Crippen molar-refractivity contribution < 1.29 is 5.11 Å². The van der Waals surface area contributed by atoms with E-state index in [0.29, 0.717) is 6.54 Å². The molecule has 5 heteroatoms. The van der Waals surface area contributed by atoms with Crippen LogP contribution in [0.15, 0.2) is 41.1 Å². The number of hydrogen-bond acceptors (Lipinski definition) is 3. The third-order valence-corrected chi connectivity index (χ3v) is 3.56. The number of benzene rings is 1. The van der Waals surface area contributed by atoms with Crippen LogP contribution in [0, 0.1) is 6.92 Å². The van der Waals surface area contributed by atoms with Gasteiger partial charge in [0, 0.05) is 18.8 Å². The van der Waals surface area contributed by atoms with Gasteiger partial charge in [0.05, 0.1) is 23.3 Å². The standard InChI is InChI=1S/C15H20BrN3O/c1-11-4-3-5-13(6-11)15(20)8-17-12(2)9-19-10-14(16)7-18-19/h3-7,10,12,15,17,20H,8-9H2,1-2H3. The number of nitrogens with one attached hydrogen (secondary N) is 1. The molecule has 1 aromatic carbocycles. The van der Waals surface area contributed by atoms with Crippen LogP contribution in [-0.2, 0) is 6.54 Å². The van der Waals surface area contributed by atoms with E-state index in [0.717, 1.165) is 22.1 Å². The molecule has 4 nitrogen and oxygen atoms in total. The van der Waals surface area contributed by atoms with E-state index in [1.807, 2.05) is 42.1 Å². The molecule has 2 rings (SSSR count). The Kier molecular flexibility index (Phi) is 5.34. The minimum absolute atomic E-state index is 0.237. The van der Waals surface area contributed by atoms with Crippen molar-refractivity contribution in [3.8, 4) is 0 Å². The first-order valence-electron chi connectivity index (χ1n) is 6.70. The smallest absolute Gasteiger partial charge is 0.0914 e. The number of nitrogens with zero attached hydrogens (tertiary/aromatic N) is 2. The Morgan fingerprint density at radius 3 is 2.90 bits per heavy atom. The van der Waals surface area contributed by atoms with Crippen LogP contribution in [0.3, 0.4) is 0 Å². The zero-order valence-corrected chi connectivity index (χ0v) is 13.3. The quantitative estimate of drug-likeness (QED) is 0.851. The predicted molar refractivity (Wildman–Crippen MR) is 83.5 cm³/mol. The van der Waals surface area contributed by atoms with Gasteiger partial charge in [0.15, 0.2) is 0 Å². The van der Waals surface area contributed by atoms with Crippen molar-refractivity contribution in [2.45, 2.75) is 32.5 Å². The van der Waals surface area contributed by atoms with Gasteiger partial charge < -0.3 is 10.4 Å². The summed E-state index contributed by atoms with van der Waals surface area (Å²) >= 11 is 3.38. The maximum Gasteiger partial charge on any atom is 0.0914 e. The minimum atomic E-state index is -0.485. The van der Waals surface area contributed by atoms with E-state index < -0.39 is 6.10 Å². The maximum atomic E-state index is 10.2. The molecule has 0 spiro atoms. The summed E-state index contributed by atoms with van der Waals surface area (Å²) in [5.41, 5.74) is 2.11. The van der Waals surface area contributed by atoms with E-state index in [4.69, 9.17) is 0 Å². The molecule has 0 amide bonds. The Hall–Kier alpha value is -1.17. The molecule has 1 heterocycles. The Bertz CT molecular complexity index is 556. The van der Waals surface area contributed by atoms with Crippen LogP contribution in [0.4, 0.5) is 0 Å². The van der Waals surface area contributed by atoms with Crippen molar-refractivity contribution in [2.75, 3.05) is 6.54 Å². The van der Waals surface area contributed by atoms with Gasteiger partial charge in [-0.15, -0.1) is 0 Å². The minimum Gasteiger partial charge on any atom is -0.387 e. The fourth-order valence-corrected chi connectivity index (χ4v) is 2.42. The lowest BCUT2D eigenvalue weighted by Gasteiger charge is -2.17. The molecule has 0 bridgehead atoms. The molecule has 0 fully saturated rings. The average Bonchev–Trinajstić information content (AvgIpc) is 2.81. The number of hydrogen-bond donors (Lipinski definition) is 2. The molecule has 0 saturated heterocycles. The van der Waals surface area contributed by atoms with Gasteiger partial charge in [0.2, 0.25) is 0 Å². The molecule has 0 aliphatic rings. The SMILES string of the molecule is Cc1cccc(C(O)CNC(C)Cn2cc(Br)cn2)c1. The van der Waals surface area contributed by atoms with Gasteiger partial charge in [-0.1, -0.05) is 29.8 Å². The number of rotatable bonds is 6. The van der Waals surface area contributed by atoms with E-state index in [9.17, 15) is 5.11 Å². The summed E-state index contributed by atoms with van der Waals surface area (Å²) in [6, 6.07) is 8.21. The van der Waals surface area contributed by atoms with Crippen molar-refractivity contribution >= 4 is 15.9 Å². The van der Waals surface area contributed by atoms with Gasteiger partial charge in [-0.2, -0.15) is 5.10 Å². The number of aliphatic hydroxyl groups excluding tert-OH is 1. The van der Waals surface area contributed by atoms with Crippen molar-refractivity contribution in [3.05, 3.63) is 52.3 Å². The molecule has 0 aliphatic heterocycles. The molecule has 108 valence electrons. The van der Waals surface area contributed by atoms with Crippen LogP contribution in [0.1, 0.15) is 24.2 Å². The highest BCUT2D eigenvalue weighted by atomic mass is 79.9. The van der Waals surface area contributed by atoms with Crippen molar-refractivity contribution in [2.24, 2.45) is 0 Å². The predicted octanol–water partition coefficient (Wildman–Crippen LogP) is 2.67. The monoisotopic (exact) mass is 337 g/mol. The van der Waals surface area contributed by atoms with Crippen LogP contribution >= 0.6 is 15.9 Å². The van der Waals surface area contributed by atoms with Gasteiger partial charge >= 0.3 is 0 Å². The Morgan fingerprint density at radius 1 is 1.45 bits per heavy atom. The van der Waals surface area contributed by atoms with Gasteiger partial charge in [-0.05, 0) is 35.3 Å². The maximum absolute atomic E-state index is 10.2. The summed E-state index contributed by atoms with van der Waals surface area (Å²) < 4.78 is 2.85. The molecule has 0 aliphatic carbocycles. The molecular weight excluding hydrogens is 318 g/mol. The summed E-state index contributed by atoms with van der Waals surface area (Å²) in [6.45, 7) is 5.42. The molecule has 0 saturated carbocycles. The molecule has 2 N–H and O–H groups in total. The molecular formula is C15H20BrN3O. The van der Waals surface area contributed by atoms with Crippen LogP contribution in [0.25, 0.3) is 0 Å². The Labute approximate surface area is 127 Å². The van der Waals surface area contributed by atoms with Gasteiger partial charge in [0.25, 0.3) is 0 Å². The van der Waals surface area contributed by atoms with Gasteiger partial charge in [-0.3, -0.25) is 4.68 Å². The lowest BCUT2D eigenvalue weighted by atomic mass is 10.1. The fraction of sp³-hybridized carbons (Fsp3) is 0.400. The molecule has 2 aromatic rings. The second-order valence-electron chi connectivity index (χ2n) is 5.12. The van der Waals surface area contributed by atoms with Crippen LogP contribution in [0.2, 0.25) is 0 Å². The van der Waals surface area contributed by atoms with Crippen LogP contribution in [0.5, 0.6) is 0 Å². The van der Waals surface area contributed by atoms with Crippen LogP contribution < -0.4 is 5.32 Å². The highest BCUT2D eigenvalue weighted by molar-refractivity contribution is 9.10. The fourth-order valence-electron chi connectivity index (χ4n) is 2.09. The first-order chi connectivity index (χ1) is 9.54. The Morgan fingerprint density at radius 2 is 2.25 bits per heavy atom. The first kappa shape index (κ1) is 15.2. The second kappa shape index (κ2) is 7.02. The first-order valence-corrected chi connectivity index (χ1v) is 7.50. The topological polar surface area (TPSA) is 50.1 Å². The second-order valence-corrected chi connectivity index (χ2v) is 6.04. The molecule has 2 unspecified atom stereocenters. The Balaban J connectivity index is 1.82. The summed E-state index contributed by atoms with van der Waals surface area (Å²) in [4.78, 5) is 0. The van der Waals surface area contributed by atoms with E-state index >= 15 is 0 Å². The van der Waals surface area contributed by atoms with Gasteiger partial charge in [-0.25, -0.2) is 0 Å². The molecule has 1 aromatic heterocycles. The highest BCUT2D eigenvalue weighted by Crippen LogP contribution is 2.13. The number of aromatic nitrogens is 2. The number of halogens is 1. The summed E-state index contributed by atoms with van der Waals surface area (Å²) in [5, 5.41) is 17.7. The van der Waals surface area contributed by atoms with E-state index in [2.05, 4.69) is 33.3 Å². The highest BCUT2D eigenvalue weighted by Gasteiger charge is 2.10. The van der Waals surface area contributed by atoms with Crippen molar-refractivity contribution in [1.29, 1.82) is 0 Å². The van der Waals surface area contributed by atoms with Crippen LogP contribution in [-0.4, -0.2) is 27.5 Å². The molecule has 2 atom stereocenters. The summed E-state index contributed by atoms with van der Waals surface area (Å²) in [7, 11) is 0. The normalized spacial score (nSPS) is 14.2. The van der Waals surface area contributed by atoms with Crippen molar-refractivity contribution in [3.63, 3.8) is 0 Å². The summed E-state index contributed by atoms with van der Waals surface area (Å²) in [6.07, 6.45) is 3.23. The summed E-state index contributed by atoms with van der Waals surface area (Å²) in [5.74, 6) is 0. The lowest BCUT2D eigenvalue weighted by Crippen LogP contribution is -2.33. The van der Waals surface area contributed by atoms with Crippen molar-refractivity contribution in [1.82, 2.24) is 15.1 Å². The van der Waals surface area contributed by atoms with Gasteiger partial charge in [0.1, 0.15) is 0 Å². The lowest BCUT2D eigenvalue weighted by molar-refractivity contribution is 0.169. The number of aryl methyl sites for hydroxylation is 1. The molecule has 20 heavy (non-hydrogen) atoms. The third kappa shape index (κ3) is 4.44. The molecule has 0 radical (unpaired) electrons. The number of aliphatic hydroxyl groups is 1. The van der Waals surface area contributed by atoms with E-state index in [-0.39, 0.29) is 6.04 Å². The zero-order chi connectivity index (χ0) is 14.5. The van der Waals surface area contributed by atoms with E-state index in [1.165, 1.54) is 0 Å². The zero-order valence-electron chi connectivity index (χ0n) is 11.8. The third-order valence-electron chi connectivity index (χ3n) is 3.15. The van der Waals surface area contributed by atoms with E-state index in [1.54, 1.807) is 6.20 Å². The average molecular weight is 338 g/mol.